The minimum Gasteiger partial charge on any atom is -0.370 e. The molecule has 0 aliphatic rings. The molecule has 0 amide bonds. The Hall–Kier alpha value is -2.35. The maximum absolute atomic E-state index is 4.40. The number of anilines is 1. The lowest BCUT2D eigenvalue weighted by Crippen LogP contribution is -2.16. The lowest BCUT2D eigenvalue weighted by molar-refractivity contribution is 0.927. The number of aromatic nitrogens is 1. The van der Waals surface area contributed by atoms with Gasteiger partial charge in [0, 0.05) is 30.9 Å². The Morgan fingerprint density at radius 2 is 1.63 bits per heavy atom. The Morgan fingerprint density at radius 3 is 2.47 bits per heavy atom. The van der Waals surface area contributed by atoms with Crippen molar-refractivity contribution in [2.45, 2.75) is 6.54 Å². The molecule has 0 N–H and O–H groups in total. The van der Waals surface area contributed by atoms with Crippen molar-refractivity contribution >= 4 is 16.6 Å². The number of hydrogen-bond acceptors (Lipinski definition) is 2. The van der Waals surface area contributed by atoms with E-state index >= 15 is 0 Å². The fraction of sp³-hybridized carbons (Fsp3) is 0.118. The predicted molar refractivity (Wildman–Crippen MR) is 80.3 cm³/mol. The molecule has 0 unspecified atom stereocenters. The summed E-state index contributed by atoms with van der Waals surface area (Å²) in [5.74, 6) is 0. The minimum atomic E-state index is 0.898. The van der Waals surface area contributed by atoms with Crippen molar-refractivity contribution in [1.29, 1.82) is 0 Å². The first-order chi connectivity index (χ1) is 9.34. The van der Waals surface area contributed by atoms with Gasteiger partial charge in [-0.1, -0.05) is 48.5 Å². The van der Waals surface area contributed by atoms with Crippen LogP contribution in [0.1, 0.15) is 5.56 Å². The quantitative estimate of drug-likeness (QED) is 0.699. The maximum Gasteiger partial charge on any atom is 0.0722 e. The molecule has 3 aromatic rings. The van der Waals surface area contributed by atoms with E-state index in [2.05, 4.69) is 65.5 Å². The zero-order valence-corrected chi connectivity index (χ0v) is 11.0. The minimum absolute atomic E-state index is 0.898. The maximum atomic E-state index is 4.40. The van der Waals surface area contributed by atoms with Crippen LogP contribution in [0.4, 0.5) is 5.69 Å². The van der Waals surface area contributed by atoms with Crippen molar-refractivity contribution in [1.82, 2.24) is 4.98 Å². The smallest absolute Gasteiger partial charge is 0.0722 e. The molecule has 0 saturated carbocycles. The molecule has 0 aliphatic carbocycles. The van der Waals surface area contributed by atoms with Crippen molar-refractivity contribution in [2.75, 3.05) is 11.9 Å². The summed E-state index contributed by atoms with van der Waals surface area (Å²) in [5, 5.41) is 1.20. The summed E-state index contributed by atoms with van der Waals surface area (Å²) >= 11 is 0. The van der Waals surface area contributed by atoms with Crippen LogP contribution in [0.5, 0.6) is 0 Å². The van der Waals surface area contributed by atoms with Gasteiger partial charge in [0.1, 0.15) is 0 Å². The first kappa shape index (κ1) is 11.7. The Balaban J connectivity index is 1.96. The van der Waals surface area contributed by atoms with E-state index in [1.807, 2.05) is 18.3 Å². The molecule has 0 saturated heterocycles. The van der Waals surface area contributed by atoms with Gasteiger partial charge in [0.25, 0.3) is 0 Å². The molecule has 0 fully saturated rings. The Bertz CT molecular complexity index is 672. The molecular weight excluding hydrogens is 232 g/mol. The van der Waals surface area contributed by atoms with Crippen molar-refractivity contribution < 1.29 is 0 Å². The zero-order chi connectivity index (χ0) is 13.1. The molecule has 0 radical (unpaired) electrons. The molecule has 0 spiro atoms. The number of benzene rings is 2. The molecule has 94 valence electrons. The van der Waals surface area contributed by atoms with E-state index in [9.17, 15) is 0 Å². The van der Waals surface area contributed by atoms with E-state index < -0.39 is 0 Å². The highest BCUT2D eigenvalue weighted by molar-refractivity contribution is 5.91. The third kappa shape index (κ3) is 2.43. The van der Waals surface area contributed by atoms with Crippen molar-refractivity contribution in [2.24, 2.45) is 0 Å². The van der Waals surface area contributed by atoms with Crippen LogP contribution in [0.25, 0.3) is 10.9 Å². The van der Waals surface area contributed by atoms with E-state index in [0.29, 0.717) is 0 Å². The third-order valence-electron chi connectivity index (χ3n) is 3.30. The second-order valence-corrected chi connectivity index (χ2v) is 4.69. The van der Waals surface area contributed by atoms with Crippen LogP contribution in [0.2, 0.25) is 0 Å². The van der Waals surface area contributed by atoms with Gasteiger partial charge in [0.05, 0.1) is 5.52 Å². The monoisotopic (exact) mass is 248 g/mol. The lowest BCUT2D eigenvalue weighted by Gasteiger charge is -2.21. The largest absolute Gasteiger partial charge is 0.370 e. The van der Waals surface area contributed by atoms with Crippen LogP contribution < -0.4 is 4.90 Å². The van der Waals surface area contributed by atoms with Crippen LogP contribution in [0.3, 0.4) is 0 Å². The van der Waals surface area contributed by atoms with Crippen molar-refractivity contribution in [3.8, 4) is 0 Å². The van der Waals surface area contributed by atoms with Crippen molar-refractivity contribution in [3.05, 3.63) is 72.4 Å². The van der Waals surface area contributed by atoms with Gasteiger partial charge >= 0.3 is 0 Å². The van der Waals surface area contributed by atoms with Crippen LogP contribution in [-0.4, -0.2) is 12.0 Å². The Labute approximate surface area is 113 Å². The zero-order valence-electron chi connectivity index (χ0n) is 11.0. The molecule has 1 heterocycles. The molecule has 0 atom stereocenters. The Kier molecular flexibility index (Phi) is 3.15. The van der Waals surface area contributed by atoms with Gasteiger partial charge in [-0.15, -0.1) is 0 Å². The number of hydrogen-bond donors (Lipinski definition) is 0. The van der Waals surface area contributed by atoms with E-state index in [1.165, 1.54) is 16.6 Å². The third-order valence-corrected chi connectivity index (χ3v) is 3.30. The first-order valence-corrected chi connectivity index (χ1v) is 6.43. The average Bonchev–Trinajstić information content (AvgIpc) is 2.47. The summed E-state index contributed by atoms with van der Waals surface area (Å²) in [6, 6.07) is 20.8. The standard InChI is InChI=1S/C17H16N2/c1-19(13-14-7-3-2-4-8-14)17-11-12-18-16-10-6-5-9-15(16)17/h2-12H,13H2,1H3. The summed E-state index contributed by atoms with van der Waals surface area (Å²) in [4.78, 5) is 6.67. The topological polar surface area (TPSA) is 16.1 Å². The number of pyridine rings is 1. The summed E-state index contributed by atoms with van der Waals surface area (Å²) < 4.78 is 0. The first-order valence-electron chi connectivity index (χ1n) is 6.43. The van der Waals surface area contributed by atoms with Gasteiger partial charge in [-0.3, -0.25) is 4.98 Å². The van der Waals surface area contributed by atoms with E-state index in [-0.39, 0.29) is 0 Å². The highest BCUT2D eigenvalue weighted by Gasteiger charge is 2.06. The van der Waals surface area contributed by atoms with Gasteiger partial charge in [-0.2, -0.15) is 0 Å². The molecular formula is C17H16N2. The van der Waals surface area contributed by atoms with Crippen LogP contribution in [0, 0.1) is 0 Å². The van der Waals surface area contributed by atoms with Gasteiger partial charge in [-0.05, 0) is 17.7 Å². The number of fused-ring (bicyclic) bond motifs is 1. The molecule has 1 aromatic heterocycles. The van der Waals surface area contributed by atoms with Gasteiger partial charge < -0.3 is 4.90 Å². The van der Waals surface area contributed by atoms with Crippen LogP contribution >= 0.6 is 0 Å². The molecule has 3 rings (SSSR count). The molecule has 0 bridgehead atoms. The average molecular weight is 248 g/mol. The summed E-state index contributed by atoms with van der Waals surface area (Å²) in [6.45, 7) is 0.898. The van der Waals surface area contributed by atoms with Gasteiger partial charge in [-0.25, -0.2) is 0 Å². The fourth-order valence-electron chi connectivity index (χ4n) is 2.36. The Morgan fingerprint density at radius 1 is 0.895 bits per heavy atom. The molecule has 2 nitrogen and oxygen atoms in total. The molecule has 0 aliphatic heterocycles. The van der Waals surface area contributed by atoms with Crippen LogP contribution in [-0.2, 0) is 6.54 Å². The highest BCUT2D eigenvalue weighted by atomic mass is 15.1. The summed E-state index contributed by atoms with van der Waals surface area (Å²) in [6.07, 6.45) is 1.87. The predicted octanol–water partition coefficient (Wildman–Crippen LogP) is 3.87. The highest BCUT2D eigenvalue weighted by Crippen LogP contribution is 2.25. The normalized spacial score (nSPS) is 10.6. The van der Waals surface area contributed by atoms with Crippen molar-refractivity contribution in [3.63, 3.8) is 0 Å². The number of para-hydroxylation sites is 1. The number of rotatable bonds is 3. The fourth-order valence-corrected chi connectivity index (χ4v) is 2.36. The van der Waals surface area contributed by atoms with E-state index in [4.69, 9.17) is 0 Å². The van der Waals surface area contributed by atoms with Gasteiger partial charge in [0.15, 0.2) is 0 Å². The van der Waals surface area contributed by atoms with Gasteiger partial charge in [0.2, 0.25) is 0 Å². The molecule has 2 aromatic carbocycles. The van der Waals surface area contributed by atoms with E-state index in [0.717, 1.165) is 12.1 Å². The molecule has 2 heteroatoms. The second kappa shape index (κ2) is 5.11. The lowest BCUT2D eigenvalue weighted by atomic mass is 10.1. The second-order valence-electron chi connectivity index (χ2n) is 4.69. The summed E-state index contributed by atoms with van der Waals surface area (Å²) in [5.41, 5.74) is 3.57. The number of nitrogens with zero attached hydrogens (tertiary/aromatic N) is 2. The SMILES string of the molecule is CN(Cc1ccccc1)c1ccnc2ccccc12. The van der Waals surface area contributed by atoms with E-state index in [1.54, 1.807) is 0 Å². The molecule has 19 heavy (non-hydrogen) atoms. The van der Waals surface area contributed by atoms with Crippen LogP contribution in [0.15, 0.2) is 66.9 Å². The summed E-state index contributed by atoms with van der Waals surface area (Å²) in [7, 11) is 2.12.